The van der Waals surface area contributed by atoms with Crippen molar-refractivity contribution in [1.29, 1.82) is 0 Å². The Morgan fingerprint density at radius 3 is 1.85 bits per heavy atom. The summed E-state index contributed by atoms with van der Waals surface area (Å²) >= 11 is 0. The van der Waals surface area contributed by atoms with Crippen molar-refractivity contribution in [1.82, 2.24) is 0 Å². The number of alkyl halides is 8. The van der Waals surface area contributed by atoms with Gasteiger partial charge in [-0.3, -0.25) is 4.55 Å². The highest BCUT2D eigenvalue weighted by molar-refractivity contribution is 7.86. The zero-order valence-corrected chi connectivity index (χ0v) is 16.8. The molecule has 8 nitrogen and oxygen atoms in total. The summed E-state index contributed by atoms with van der Waals surface area (Å²) < 4.78 is 147. The van der Waals surface area contributed by atoms with Gasteiger partial charge in [0.05, 0.1) is 5.56 Å². The Balaban J connectivity index is 3.46. The molecule has 0 radical (unpaired) electrons. The maximum Gasteiger partial charge on any atom is 0.468 e. The van der Waals surface area contributed by atoms with Crippen LogP contribution in [0.15, 0.2) is 36.4 Å². The maximum atomic E-state index is 13.7. The molecule has 0 bridgehead atoms. The fourth-order valence-electron chi connectivity index (χ4n) is 1.75. The molecule has 17 heteroatoms. The van der Waals surface area contributed by atoms with Crippen molar-refractivity contribution in [2.24, 2.45) is 0 Å². The number of halogens is 8. The molecule has 0 amide bonds. The van der Waals surface area contributed by atoms with Crippen LogP contribution >= 0.6 is 0 Å². The monoisotopic (exact) mass is 516 g/mol. The number of carbonyl (C=O) groups is 2. The second-order valence-corrected chi connectivity index (χ2v) is 7.64. The summed E-state index contributed by atoms with van der Waals surface area (Å²) in [6.45, 7) is 0.816. The molecule has 1 aromatic rings. The van der Waals surface area contributed by atoms with Crippen molar-refractivity contribution in [3.63, 3.8) is 0 Å². The molecule has 1 unspecified atom stereocenters. The van der Waals surface area contributed by atoms with Crippen LogP contribution in [0.2, 0.25) is 0 Å². The quantitative estimate of drug-likeness (QED) is 0.140. The molecule has 0 aliphatic rings. The molecule has 33 heavy (non-hydrogen) atoms. The van der Waals surface area contributed by atoms with E-state index in [0.29, 0.717) is 12.1 Å². The van der Waals surface area contributed by atoms with Crippen LogP contribution in [0.25, 0.3) is 0 Å². The van der Waals surface area contributed by atoms with E-state index in [9.17, 15) is 53.1 Å². The minimum absolute atomic E-state index is 0.283. The average molecular weight is 516 g/mol. The molecule has 0 aliphatic carbocycles. The first-order chi connectivity index (χ1) is 14.6. The maximum absolute atomic E-state index is 13.7. The molecule has 0 heterocycles. The minimum Gasteiger partial charge on any atom is -0.421 e. The lowest BCUT2D eigenvalue weighted by Crippen LogP contribution is -2.60. The van der Waals surface area contributed by atoms with Gasteiger partial charge in [-0.05, 0) is 31.2 Å². The van der Waals surface area contributed by atoms with Gasteiger partial charge in [-0.15, -0.1) is 0 Å². The van der Waals surface area contributed by atoms with Gasteiger partial charge in [0, 0.05) is 5.57 Å². The van der Waals surface area contributed by atoms with E-state index in [-0.39, 0.29) is 12.1 Å². The largest absolute Gasteiger partial charge is 0.468 e. The van der Waals surface area contributed by atoms with Crippen LogP contribution in [-0.2, 0) is 35.4 Å². The Kier molecular flexibility index (Phi) is 7.89. The summed E-state index contributed by atoms with van der Waals surface area (Å²) in [5.74, 6) is -10.9. The molecule has 1 rings (SSSR count). The van der Waals surface area contributed by atoms with Crippen LogP contribution in [-0.4, -0.2) is 48.7 Å². The predicted octanol–water partition coefficient (Wildman–Crippen LogP) is 3.49. The lowest BCUT2D eigenvalue weighted by molar-refractivity contribution is -0.357. The highest BCUT2D eigenvalue weighted by Crippen LogP contribution is 2.39. The van der Waals surface area contributed by atoms with Gasteiger partial charge in [0.1, 0.15) is 12.4 Å². The molecule has 0 saturated heterocycles. The topological polar surface area (TPSA) is 116 Å². The fourth-order valence-corrected chi connectivity index (χ4v) is 1.96. The number of hydrogen-bond acceptors (Lipinski definition) is 7. The van der Waals surface area contributed by atoms with Gasteiger partial charge >= 0.3 is 45.5 Å². The first kappa shape index (κ1) is 28.2. The third-order valence-corrected chi connectivity index (χ3v) is 4.31. The van der Waals surface area contributed by atoms with Gasteiger partial charge in [-0.2, -0.15) is 43.5 Å². The van der Waals surface area contributed by atoms with Crippen molar-refractivity contribution in [3.05, 3.63) is 42.0 Å². The molecule has 1 atom stereocenters. The van der Waals surface area contributed by atoms with E-state index in [4.69, 9.17) is 4.55 Å². The van der Waals surface area contributed by atoms with E-state index in [2.05, 4.69) is 20.8 Å². The predicted molar refractivity (Wildman–Crippen MR) is 89.2 cm³/mol. The second kappa shape index (κ2) is 9.22. The fraction of sp³-hybridized carbons (Fsp3) is 0.375. The Bertz CT molecular complexity index is 1010. The molecule has 1 N–H and O–H groups in total. The summed E-state index contributed by atoms with van der Waals surface area (Å²) in [5.41, 5.74) is -2.11. The van der Waals surface area contributed by atoms with E-state index in [1.54, 1.807) is 0 Å². The summed E-state index contributed by atoms with van der Waals surface area (Å²) in [4.78, 5) is 23.9. The molecule has 1 aromatic carbocycles. The normalized spacial score (nSPS) is 14.8. The van der Waals surface area contributed by atoms with Crippen LogP contribution < -0.4 is 4.74 Å². The molecule has 0 aliphatic heterocycles. The van der Waals surface area contributed by atoms with Gasteiger partial charge in [0.15, 0.2) is 0 Å². The Hall–Kier alpha value is -2.79. The number of hydrogen-bond donors (Lipinski definition) is 1. The van der Waals surface area contributed by atoms with Crippen molar-refractivity contribution >= 4 is 22.1 Å². The highest BCUT2D eigenvalue weighted by Gasteiger charge is 2.69. The number of ether oxygens (including phenoxy) is 3. The molecular weight excluding hydrogens is 504 g/mol. The van der Waals surface area contributed by atoms with Gasteiger partial charge in [0.25, 0.3) is 0 Å². The molecule has 0 saturated carbocycles. The molecule has 0 spiro atoms. The van der Waals surface area contributed by atoms with Crippen LogP contribution in [0.4, 0.5) is 35.1 Å². The van der Waals surface area contributed by atoms with Crippen LogP contribution in [0.1, 0.15) is 12.5 Å². The van der Waals surface area contributed by atoms with Crippen molar-refractivity contribution < 1.29 is 71.9 Å². The lowest BCUT2D eigenvalue weighted by atomic mass is 10.2. The lowest BCUT2D eigenvalue weighted by Gasteiger charge is -2.32. The van der Waals surface area contributed by atoms with E-state index in [1.165, 1.54) is 0 Å². The van der Waals surface area contributed by atoms with Crippen LogP contribution in [0, 0.1) is 0 Å². The molecule has 186 valence electrons. The summed E-state index contributed by atoms with van der Waals surface area (Å²) in [6.07, 6.45) is -11.1. The van der Waals surface area contributed by atoms with Crippen molar-refractivity contribution in [3.8, 4) is 5.75 Å². The third-order valence-electron chi connectivity index (χ3n) is 3.44. The standard InChI is InChI=1S/C16H12F8O8S/c1-8(2)11(25)32-14(16(22,23)24,30-7-13(17,18)33(27,28)29)12(26)31-10-5-3-9(4-6-10)15(19,20)21/h3-6H,1,7H2,2H3,(H,27,28,29). The van der Waals surface area contributed by atoms with Crippen molar-refractivity contribution in [2.45, 2.75) is 30.3 Å². The molecular formula is C16H12F8O8S. The number of esters is 2. The number of benzene rings is 1. The Morgan fingerprint density at radius 1 is 1.00 bits per heavy atom. The van der Waals surface area contributed by atoms with Crippen LogP contribution in [0.3, 0.4) is 0 Å². The third kappa shape index (κ3) is 6.61. The number of rotatable bonds is 8. The van der Waals surface area contributed by atoms with Crippen molar-refractivity contribution in [2.75, 3.05) is 6.61 Å². The van der Waals surface area contributed by atoms with E-state index in [0.717, 1.165) is 6.92 Å². The summed E-state index contributed by atoms with van der Waals surface area (Å²) in [5, 5.41) is -5.42. The number of carbonyl (C=O) groups excluding carboxylic acids is 2. The SMILES string of the molecule is C=C(C)C(=O)OC(OCC(F)(F)S(=O)(=O)O)(C(=O)Oc1ccc(C(F)(F)F)cc1)C(F)(F)F. The zero-order valence-electron chi connectivity index (χ0n) is 16.0. The summed E-state index contributed by atoms with van der Waals surface area (Å²) in [7, 11) is -6.36. The minimum atomic E-state index is -6.36. The van der Waals surface area contributed by atoms with Crippen LogP contribution in [0.5, 0.6) is 5.75 Å². The van der Waals surface area contributed by atoms with Gasteiger partial charge in [0.2, 0.25) is 0 Å². The Morgan fingerprint density at radius 2 is 1.48 bits per heavy atom. The smallest absolute Gasteiger partial charge is 0.421 e. The molecule has 0 fully saturated rings. The van der Waals surface area contributed by atoms with E-state index < -0.39 is 68.9 Å². The van der Waals surface area contributed by atoms with E-state index >= 15 is 0 Å². The average Bonchev–Trinajstić information content (AvgIpc) is 2.62. The molecule has 0 aromatic heterocycles. The van der Waals surface area contributed by atoms with E-state index in [1.807, 2.05) is 0 Å². The van der Waals surface area contributed by atoms with Gasteiger partial charge in [-0.25, -0.2) is 9.59 Å². The highest BCUT2D eigenvalue weighted by atomic mass is 32.2. The zero-order chi connectivity index (χ0) is 26.0. The van der Waals surface area contributed by atoms with Gasteiger partial charge in [-0.1, -0.05) is 6.58 Å². The Labute approximate surface area is 179 Å². The first-order valence-corrected chi connectivity index (χ1v) is 9.42. The summed E-state index contributed by atoms with van der Waals surface area (Å²) in [6, 6.07) is 1.31. The van der Waals surface area contributed by atoms with Gasteiger partial charge < -0.3 is 14.2 Å². The second-order valence-electron chi connectivity index (χ2n) is 6.10. The first-order valence-electron chi connectivity index (χ1n) is 7.98.